The van der Waals surface area contributed by atoms with E-state index in [1.54, 1.807) is 0 Å². The van der Waals surface area contributed by atoms with Gasteiger partial charge in [-0.05, 0) is 42.0 Å². The van der Waals surface area contributed by atoms with Crippen LogP contribution in [-0.2, 0) is 0 Å². The number of amidine groups is 1. The highest BCUT2D eigenvalue weighted by Gasteiger charge is 2.27. The van der Waals surface area contributed by atoms with E-state index in [4.69, 9.17) is 35.2 Å². The number of nitrogens with zero attached hydrogens (tertiary/aromatic N) is 6. The fraction of sp³-hybridized carbons (Fsp3) is 0.207. The Morgan fingerprint density at radius 2 is 1.93 bits per heavy atom. The molecule has 11 nitrogen and oxygen atoms in total. The zero-order valence-corrected chi connectivity index (χ0v) is 21.5. The highest BCUT2D eigenvalue weighted by Crippen LogP contribution is 2.38. The Labute approximate surface area is 229 Å². The van der Waals surface area contributed by atoms with Gasteiger partial charge in [0.2, 0.25) is 6.79 Å². The van der Waals surface area contributed by atoms with Gasteiger partial charge in [0.15, 0.2) is 17.3 Å². The van der Waals surface area contributed by atoms with Crippen molar-refractivity contribution in [2.75, 3.05) is 38.4 Å². The van der Waals surface area contributed by atoms with E-state index >= 15 is 0 Å². The molecule has 0 saturated carbocycles. The lowest BCUT2D eigenvalue weighted by molar-refractivity contribution is 0.174. The van der Waals surface area contributed by atoms with Crippen LogP contribution < -0.4 is 20.5 Å². The largest absolute Gasteiger partial charge is 0.454 e. The Hall–Kier alpha value is -5.03. The summed E-state index contributed by atoms with van der Waals surface area (Å²) in [6, 6.07) is 16.2. The molecule has 0 spiro atoms. The second-order valence-electron chi connectivity index (χ2n) is 10.0. The standard InChI is InChI=1S/C29H25N9O2/c30-17-12-38(13-17)25-11-31-9-8-20(34-25)19-5-6-21-27(35-19)28(33-14-32-21)29-36-22-3-1-2-18(26(22)37-29)16-4-7-23-24(10-16)40-15-39-23/h1-8,10-11,17,32H,9,12-15,30H2,(H,36,37). The van der Waals surface area contributed by atoms with Crippen molar-refractivity contribution in [3.63, 3.8) is 0 Å². The van der Waals surface area contributed by atoms with Gasteiger partial charge < -0.3 is 30.4 Å². The molecule has 4 aliphatic rings. The Morgan fingerprint density at radius 1 is 1.00 bits per heavy atom. The number of imidazole rings is 1. The number of pyridine rings is 1. The summed E-state index contributed by atoms with van der Waals surface area (Å²) in [7, 11) is 0. The topological polar surface area (TPSA) is 138 Å². The third-order valence-electron chi connectivity index (χ3n) is 7.37. The molecular formula is C29H25N9O2. The van der Waals surface area contributed by atoms with E-state index < -0.39 is 0 Å². The summed E-state index contributed by atoms with van der Waals surface area (Å²) in [5, 5.41) is 3.33. The summed E-state index contributed by atoms with van der Waals surface area (Å²) >= 11 is 0. The maximum absolute atomic E-state index is 5.99. The summed E-state index contributed by atoms with van der Waals surface area (Å²) in [5.74, 6) is 2.96. The van der Waals surface area contributed by atoms with Crippen LogP contribution in [0.1, 0.15) is 17.2 Å². The van der Waals surface area contributed by atoms with Crippen molar-refractivity contribution in [1.82, 2.24) is 19.9 Å². The molecule has 4 N–H and O–H groups in total. The SMILES string of the molecule is NC1CN(C2=NC(c3ccc4c(n3)C(c3nc5c(-c6ccc7c(c6)OCO7)cccc5[nH]3)=NCN4)=CCN=C2)C1. The van der Waals surface area contributed by atoms with E-state index in [0.717, 1.165) is 75.4 Å². The van der Waals surface area contributed by atoms with Crippen molar-refractivity contribution >= 4 is 40.2 Å². The average molecular weight is 532 g/mol. The third-order valence-corrected chi connectivity index (χ3v) is 7.37. The second-order valence-corrected chi connectivity index (χ2v) is 10.0. The number of ether oxygens (including phenoxy) is 2. The number of likely N-dealkylation sites (tertiary alicyclic amines) is 1. The molecule has 0 radical (unpaired) electrons. The number of hydrogen-bond acceptors (Lipinski definition) is 10. The summed E-state index contributed by atoms with van der Waals surface area (Å²) in [6.45, 7) is 2.75. The molecule has 1 fully saturated rings. The van der Waals surface area contributed by atoms with Gasteiger partial charge >= 0.3 is 0 Å². The molecular weight excluding hydrogens is 506 g/mol. The molecule has 4 aliphatic heterocycles. The third kappa shape index (κ3) is 3.82. The van der Waals surface area contributed by atoms with Crippen LogP contribution in [-0.4, -0.2) is 76.8 Å². The van der Waals surface area contributed by atoms with Crippen molar-refractivity contribution in [3.05, 3.63) is 71.8 Å². The monoisotopic (exact) mass is 531 g/mol. The predicted octanol–water partition coefficient (Wildman–Crippen LogP) is 3.04. The minimum Gasteiger partial charge on any atom is -0.454 e. The Morgan fingerprint density at radius 3 is 2.85 bits per heavy atom. The summed E-state index contributed by atoms with van der Waals surface area (Å²) < 4.78 is 11.1. The van der Waals surface area contributed by atoms with Crippen LogP contribution >= 0.6 is 0 Å². The molecule has 8 rings (SSSR count). The van der Waals surface area contributed by atoms with Crippen molar-refractivity contribution in [3.8, 4) is 22.6 Å². The van der Waals surface area contributed by atoms with Crippen molar-refractivity contribution < 1.29 is 9.47 Å². The highest BCUT2D eigenvalue weighted by molar-refractivity contribution is 6.30. The molecule has 1 saturated heterocycles. The van der Waals surface area contributed by atoms with Gasteiger partial charge in [-0.3, -0.25) is 9.98 Å². The molecule has 40 heavy (non-hydrogen) atoms. The highest BCUT2D eigenvalue weighted by atomic mass is 16.7. The lowest BCUT2D eigenvalue weighted by atomic mass is 10.0. The zero-order valence-electron chi connectivity index (χ0n) is 21.5. The number of nitrogens with two attached hydrogens (primary N) is 1. The molecule has 11 heteroatoms. The van der Waals surface area contributed by atoms with Crippen LogP contribution in [0.3, 0.4) is 0 Å². The zero-order chi connectivity index (χ0) is 26.6. The summed E-state index contributed by atoms with van der Waals surface area (Å²) in [4.78, 5) is 29.8. The molecule has 2 aromatic heterocycles. The molecule has 0 bridgehead atoms. The molecule has 0 aliphatic carbocycles. The van der Waals surface area contributed by atoms with Gasteiger partial charge in [0.25, 0.3) is 0 Å². The van der Waals surface area contributed by atoms with Gasteiger partial charge in [0.1, 0.15) is 23.9 Å². The van der Waals surface area contributed by atoms with Gasteiger partial charge in [-0.25, -0.2) is 15.0 Å². The Bertz CT molecular complexity index is 1800. The van der Waals surface area contributed by atoms with E-state index in [9.17, 15) is 0 Å². The van der Waals surface area contributed by atoms with Gasteiger partial charge in [-0.2, -0.15) is 0 Å². The number of benzene rings is 2. The van der Waals surface area contributed by atoms with E-state index in [2.05, 4.69) is 26.3 Å². The number of H-pyrrole nitrogens is 1. The summed E-state index contributed by atoms with van der Waals surface area (Å²) in [5.41, 5.74) is 13.6. The molecule has 6 heterocycles. The Kier molecular flexibility index (Phi) is 5.17. The van der Waals surface area contributed by atoms with Gasteiger partial charge in [-0.1, -0.05) is 18.2 Å². The predicted molar refractivity (Wildman–Crippen MR) is 154 cm³/mol. The first kappa shape index (κ1) is 22.9. The van der Waals surface area contributed by atoms with Crippen LogP contribution in [0.5, 0.6) is 11.5 Å². The molecule has 198 valence electrons. The van der Waals surface area contributed by atoms with Crippen molar-refractivity contribution in [1.29, 1.82) is 0 Å². The number of hydrogen-bond donors (Lipinski definition) is 3. The van der Waals surface area contributed by atoms with E-state index in [1.165, 1.54) is 0 Å². The molecule has 0 amide bonds. The van der Waals surface area contributed by atoms with E-state index in [1.807, 2.05) is 54.8 Å². The maximum Gasteiger partial charge on any atom is 0.231 e. The number of nitrogens with one attached hydrogen (secondary N) is 2. The lowest BCUT2D eigenvalue weighted by Crippen LogP contribution is -2.58. The van der Waals surface area contributed by atoms with E-state index in [-0.39, 0.29) is 12.8 Å². The number of aromatic amines is 1. The minimum atomic E-state index is 0.174. The number of para-hydroxylation sites is 1. The van der Waals surface area contributed by atoms with Crippen LogP contribution in [0, 0.1) is 0 Å². The van der Waals surface area contributed by atoms with Crippen LogP contribution in [0.25, 0.3) is 27.9 Å². The lowest BCUT2D eigenvalue weighted by Gasteiger charge is -2.38. The smallest absolute Gasteiger partial charge is 0.231 e. The first-order valence-corrected chi connectivity index (χ1v) is 13.2. The number of aromatic nitrogens is 3. The molecule has 0 atom stereocenters. The minimum absolute atomic E-state index is 0.174. The van der Waals surface area contributed by atoms with Crippen LogP contribution in [0.4, 0.5) is 5.69 Å². The number of rotatable bonds is 3. The van der Waals surface area contributed by atoms with Crippen LogP contribution in [0.2, 0.25) is 0 Å². The molecule has 4 aromatic rings. The number of aliphatic imine (C=N–C) groups is 3. The molecule has 2 aromatic carbocycles. The summed E-state index contributed by atoms with van der Waals surface area (Å²) in [6.07, 6.45) is 3.80. The quantitative estimate of drug-likeness (QED) is 0.369. The first-order valence-electron chi connectivity index (χ1n) is 13.2. The fourth-order valence-corrected chi connectivity index (χ4v) is 5.32. The van der Waals surface area contributed by atoms with Gasteiger partial charge in [0.05, 0.1) is 40.9 Å². The number of fused-ring (bicyclic) bond motifs is 3. The van der Waals surface area contributed by atoms with Crippen molar-refractivity contribution in [2.24, 2.45) is 20.7 Å². The van der Waals surface area contributed by atoms with Gasteiger partial charge in [-0.15, -0.1) is 0 Å². The fourth-order valence-electron chi connectivity index (χ4n) is 5.32. The van der Waals surface area contributed by atoms with Crippen LogP contribution in [0.15, 0.2) is 69.6 Å². The van der Waals surface area contributed by atoms with Crippen molar-refractivity contribution in [2.45, 2.75) is 6.04 Å². The maximum atomic E-state index is 5.99. The number of anilines is 1. The average Bonchev–Trinajstić information content (AvgIpc) is 3.55. The first-order chi connectivity index (χ1) is 19.7. The normalized spacial score (nSPS) is 17.9. The Balaban J connectivity index is 1.17. The van der Waals surface area contributed by atoms with Gasteiger partial charge in [0, 0.05) is 24.7 Å². The second kappa shape index (κ2) is 9.02. The molecule has 0 unspecified atom stereocenters. The van der Waals surface area contributed by atoms with E-state index in [0.29, 0.717) is 24.7 Å².